The van der Waals surface area contributed by atoms with Crippen molar-refractivity contribution in [2.45, 2.75) is 45.1 Å². The molecule has 2 rings (SSSR count). The Hall–Kier alpha value is -2.04. The molecular weight excluding hydrogens is 292 g/mol. The van der Waals surface area contributed by atoms with Crippen LogP contribution in [0.15, 0.2) is 24.3 Å². The summed E-state index contributed by atoms with van der Waals surface area (Å²) < 4.78 is 5.18. The van der Waals surface area contributed by atoms with Crippen molar-refractivity contribution in [1.82, 2.24) is 10.2 Å². The van der Waals surface area contributed by atoms with E-state index in [-0.39, 0.29) is 11.9 Å². The van der Waals surface area contributed by atoms with Crippen molar-refractivity contribution in [2.24, 2.45) is 0 Å². The van der Waals surface area contributed by atoms with Gasteiger partial charge >= 0.3 is 11.8 Å². The predicted octanol–water partition coefficient (Wildman–Crippen LogP) is 2.14. The minimum Gasteiger partial charge on any atom is -0.497 e. The molecule has 1 N–H and O–H groups in total. The lowest BCUT2D eigenvalue weighted by molar-refractivity contribution is -0.148. The maximum Gasteiger partial charge on any atom is 0.312 e. The highest BCUT2D eigenvalue weighted by molar-refractivity contribution is 6.35. The van der Waals surface area contributed by atoms with Crippen molar-refractivity contribution in [2.75, 3.05) is 20.2 Å². The van der Waals surface area contributed by atoms with Crippen LogP contribution in [-0.2, 0) is 16.0 Å². The predicted molar refractivity (Wildman–Crippen MR) is 89.4 cm³/mol. The van der Waals surface area contributed by atoms with E-state index in [1.807, 2.05) is 24.3 Å². The number of benzene rings is 1. The van der Waals surface area contributed by atoms with Gasteiger partial charge in [0.1, 0.15) is 5.75 Å². The molecule has 23 heavy (non-hydrogen) atoms. The molecule has 1 unspecified atom stereocenters. The Kier molecular flexibility index (Phi) is 6.44. The van der Waals surface area contributed by atoms with Gasteiger partial charge in [0.05, 0.1) is 7.11 Å². The molecule has 0 radical (unpaired) electrons. The maximum atomic E-state index is 12.3. The van der Waals surface area contributed by atoms with E-state index >= 15 is 0 Å². The van der Waals surface area contributed by atoms with Crippen molar-refractivity contribution >= 4 is 11.8 Å². The average molecular weight is 318 g/mol. The summed E-state index contributed by atoms with van der Waals surface area (Å²) in [5.41, 5.74) is 1.07. The van der Waals surface area contributed by atoms with E-state index in [1.54, 1.807) is 12.0 Å². The molecule has 0 spiro atoms. The van der Waals surface area contributed by atoms with Crippen LogP contribution in [-0.4, -0.2) is 43.0 Å². The fourth-order valence-electron chi connectivity index (χ4n) is 3.05. The zero-order valence-electron chi connectivity index (χ0n) is 14.0. The Bertz CT molecular complexity index is 545. The van der Waals surface area contributed by atoms with Gasteiger partial charge in [0, 0.05) is 19.1 Å². The molecule has 0 bridgehead atoms. The maximum absolute atomic E-state index is 12.3. The number of likely N-dealkylation sites (tertiary alicyclic amines) is 1. The second-order valence-electron chi connectivity index (χ2n) is 5.91. The summed E-state index contributed by atoms with van der Waals surface area (Å²) in [4.78, 5) is 26.1. The largest absolute Gasteiger partial charge is 0.497 e. The van der Waals surface area contributed by atoms with Crippen molar-refractivity contribution in [3.63, 3.8) is 0 Å². The van der Waals surface area contributed by atoms with Crippen LogP contribution >= 0.6 is 0 Å². The zero-order valence-corrected chi connectivity index (χ0v) is 14.0. The van der Waals surface area contributed by atoms with Crippen LogP contribution in [0.4, 0.5) is 0 Å². The fraction of sp³-hybridized carbons (Fsp3) is 0.556. The molecule has 126 valence electrons. The van der Waals surface area contributed by atoms with Crippen LogP contribution in [0, 0.1) is 0 Å². The summed E-state index contributed by atoms with van der Waals surface area (Å²) in [5, 5.41) is 2.74. The lowest BCUT2D eigenvalue weighted by Crippen LogP contribution is -2.50. The highest BCUT2D eigenvalue weighted by Crippen LogP contribution is 2.19. The molecule has 0 aliphatic carbocycles. The molecular formula is C18H26N2O3. The number of amides is 2. The van der Waals surface area contributed by atoms with Gasteiger partial charge in [0.2, 0.25) is 0 Å². The Morgan fingerprint density at radius 2 is 2.17 bits per heavy atom. The number of carbonyl (C=O) groups excluding carboxylic acids is 2. The quantitative estimate of drug-likeness (QED) is 0.846. The summed E-state index contributed by atoms with van der Waals surface area (Å²) in [5.74, 6) is -0.0838. The highest BCUT2D eigenvalue weighted by Gasteiger charge is 2.29. The number of nitrogens with one attached hydrogen (secondary N) is 1. The second kappa shape index (κ2) is 8.56. The van der Waals surface area contributed by atoms with Crippen molar-refractivity contribution in [3.05, 3.63) is 29.8 Å². The zero-order chi connectivity index (χ0) is 16.7. The van der Waals surface area contributed by atoms with Gasteiger partial charge in [-0.15, -0.1) is 0 Å². The first kappa shape index (κ1) is 17.3. The normalized spacial score (nSPS) is 17.7. The van der Waals surface area contributed by atoms with E-state index in [0.29, 0.717) is 19.5 Å². The van der Waals surface area contributed by atoms with Gasteiger partial charge < -0.3 is 15.0 Å². The second-order valence-corrected chi connectivity index (χ2v) is 5.91. The van der Waals surface area contributed by atoms with Gasteiger partial charge in [0.15, 0.2) is 0 Å². The van der Waals surface area contributed by atoms with Gasteiger partial charge in [-0.05, 0) is 49.8 Å². The highest BCUT2D eigenvalue weighted by atomic mass is 16.5. The smallest absolute Gasteiger partial charge is 0.312 e. The SMILES string of the molecule is CCC1CCCCN1C(=O)C(=O)NCCc1cccc(OC)c1. The lowest BCUT2D eigenvalue weighted by Gasteiger charge is -2.34. The minimum absolute atomic E-state index is 0.209. The number of carbonyl (C=O) groups is 2. The van der Waals surface area contributed by atoms with Crippen molar-refractivity contribution < 1.29 is 14.3 Å². The Labute approximate surface area is 138 Å². The summed E-state index contributed by atoms with van der Waals surface area (Å²) in [6.45, 7) is 3.21. The van der Waals surface area contributed by atoms with E-state index < -0.39 is 5.91 Å². The standard InChI is InChI=1S/C18H26N2O3/c1-3-15-8-4-5-12-20(15)18(22)17(21)19-11-10-14-7-6-9-16(13-14)23-2/h6-7,9,13,15H,3-5,8,10-12H2,1-2H3,(H,19,21). The lowest BCUT2D eigenvalue weighted by atomic mass is 10.00. The van der Waals surface area contributed by atoms with E-state index in [4.69, 9.17) is 4.74 Å². The molecule has 1 fully saturated rings. The molecule has 1 aliphatic rings. The Morgan fingerprint density at radius 1 is 1.35 bits per heavy atom. The Morgan fingerprint density at radius 3 is 2.91 bits per heavy atom. The summed E-state index contributed by atoms with van der Waals surface area (Å²) >= 11 is 0. The number of methoxy groups -OCH3 is 1. The minimum atomic E-state index is -0.492. The van der Waals surface area contributed by atoms with Gasteiger partial charge in [-0.2, -0.15) is 0 Å². The van der Waals surface area contributed by atoms with Crippen LogP contribution in [0.25, 0.3) is 0 Å². The van der Waals surface area contributed by atoms with Gasteiger partial charge in [-0.3, -0.25) is 9.59 Å². The number of nitrogens with zero attached hydrogens (tertiary/aromatic N) is 1. The van der Waals surface area contributed by atoms with E-state index in [0.717, 1.165) is 37.0 Å². The monoisotopic (exact) mass is 318 g/mol. The number of ether oxygens (including phenoxy) is 1. The number of hydrogen-bond donors (Lipinski definition) is 1. The third-order valence-corrected chi connectivity index (χ3v) is 4.39. The molecule has 5 heteroatoms. The van der Waals surface area contributed by atoms with Crippen molar-refractivity contribution in [1.29, 1.82) is 0 Å². The molecule has 5 nitrogen and oxygen atoms in total. The summed E-state index contributed by atoms with van der Waals surface area (Å²) in [6.07, 6.45) is 4.70. The first-order valence-corrected chi connectivity index (χ1v) is 8.37. The van der Waals surface area contributed by atoms with Crippen LogP contribution in [0.3, 0.4) is 0 Å². The molecule has 1 aromatic carbocycles. The van der Waals surface area contributed by atoms with E-state index in [2.05, 4.69) is 12.2 Å². The molecule has 1 atom stereocenters. The van der Waals surface area contributed by atoms with Crippen LogP contribution in [0.1, 0.15) is 38.2 Å². The first-order chi connectivity index (χ1) is 11.2. The average Bonchev–Trinajstić information content (AvgIpc) is 2.61. The Balaban J connectivity index is 1.82. The summed E-state index contributed by atoms with van der Waals surface area (Å²) in [7, 11) is 1.63. The molecule has 1 aliphatic heterocycles. The number of piperidine rings is 1. The third-order valence-electron chi connectivity index (χ3n) is 4.39. The van der Waals surface area contributed by atoms with Crippen LogP contribution in [0.5, 0.6) is 5.75 Å². The van der Waals surface area contributed by atoms with Crippen LogP contribution in [0.2, 0.25) is 0 Å². The van der Waals surface area contributed by atoms with Gasteiger partial charge in [-0.1, -0.05) is 19.1 Å². The van der Waals surface area contributed by atoms with E-state index in [1.165, 1.54) is 0 Å². The molecule has 0 aromatic heterocycles. The summed E-state index contributed by atoms with van der Waals surface area (Å²) in [6, 6.07) is 7.92. The van der Waals surface area contributed by atoms with Gasteiger partial charge in [0.25, 0.3) is 0 Å². The molecule has 1 saturated heterocycles. The van der Waals surface area contributed by atoms with Crippen molar-refractivity contribution in [3.8, 4) is 5.75 Å². The third kappa shape index (κ3) is 4.71. The first-order valence-electron chi connectivity index (χ1n) is 8.37. The molecule has 1 aromatic rings. The van der Waals surface area contributed by atoms with Gasteiger partial charge in [-0.25, -0.2) is 0 Å². The molecule has 2 amide bonds. The van der Waals surface area contributed by atoms with Crippen LogP contribution < -0.4 is 10.1 Å². The topological polar surface area (TPSA) is 58.6 Å². The molecule has 1 heterocycles. The molecule has 0 saturated carbocycles. The fourth-order valence-corrected chi connectivity index (χ4v) is 3.05. The number of hydrogen-bond acceptors (Lipinski definition) is 3. The number of rotatable bonds is 5. The van der Waals surface area contributed by atoms with E-state index in [9.17, 15) is 9.59 Å².